The molecule has 1 aliphatic heterocycles. The Morgan fingerprint density at radius 2 is 1.53 bits per heavy atom. The molecular formula is C28H32N6. The normalized spacial score (nSPS) is 16.9. The molecule has 1 saturated heterocycles. The third-order valence-corrected chi connectivity index (χ3v) is 6.71. The van der Waals surface area contributed by atoms with Gasteiger partial charge in [-0.05, 0) is 81.1 Å². The molecule has 5 rings (SSSR count). The van der Waals surface area contributed by atoms with Crippen LogP contribution in [0, 0.1) is 11.8 Å². The average molecular weight is 453 g/mol. The van der Waals surface area contributed by atoms with Crippen LogP contribution in [0.3, 0.4) is 0 Å². The molecular weight excluding hydrogens is 420 g/mol. The molecule has 34 heavy (non-hydrogen) atoms. The summed E-state index contributed by atoms with van der Waals surface area (Å²) in [6.45, 7) is 2.12. The average Bonchev–Trinajstić information content (AvgIpc) is 2.90. The maximum atomic E-state index is 4.95. The molecule has 0 unspecified atom stereocenters. The summed E-state index contributed by atoms with van der Waals surface area (Å²) in [5, 5.41) is 10.6. The second-order valence-electron chi connectivity index (χ2n) is 9.19. The first kappa shape index (κ1) is 22.4. The van der Waals surface area contributed by atoms with E-state index in [1.807, 2.05) is 42.6 Å². The quantitative estimate of drug-likeness (QED) is 0.461. The minimum Gasteiger partial charge on any atom is -0.367 e. The topological polar surface area (TPSA) is 74.8 Å². The van der Waals surface area contributed by atoms with E-state index in [1.54, 1.807) is 12.4 Å². The lowest BCUT2D eigenvalue weighted by Crippen LogP contribution is -2.29. The Labute approximate surface area is 202 Å². The van der Waals surface area contributed by atoms with Crippen molar-refractivity contribution in [2.75, 3.05) is 23.7 Å². The van der Waals surface area contributed by atoms with Gasteiger partial charge in [-0.3, -0.25) is 4.98 Å². The van der Waals surface area contributed by atoms with Crippen LogP contribution in [0.4, 0.5) is 17.5 Å². The second kappa shape index (κ2) is 11.1. The van der Waals surface area contributed by atoms with Gasteiger partial charge in [-0.1, -0.05) is 31.1 Å². The molecule has 1 aliphatic carbocycles. The van der Waals surface area contributed by atoms with Gasteiger partial charge in [0, 0.05) is 47.0 Å². The van der Waals surface area contributed by atoms with Crippen LogP contribution in [0.25, 0.3) is 0 Å². The lowest BCUT2D eigenvalue weighted by Gasteiger charge is -2.28. The first-order valence-electron chi connectivity index (χ1n) is 12.5. The lowest BCUT2D eigenvalue weighted by molar-refractivity contribution is 0.451. The lowest BCUT2D eigenvalue weighted by atomic mass is 9.90. The van der Waals surface area contributed by atoms with E-state index in [0.717, 1.165) is 48.6 Å². The van der Waals surface area contributed by atoms with E-state index in [0.29, 0.717) is 17.9 Å². The third-order valence-electron chi connectivity index (χ3n) is 6.71. The van der Waals surface area contributed by atoms with E-state index in [2.05, 4.69) is 37.8 Å². The summed E-state index contributed by atoms with van der Waals surface area (Å²) in [6.07, 6.45) is 14.2. The molecule has 1 saturated carbocycles. The molecule has 3 aromatic rings. The van der Waals surface area contributed by atoms with E-state index in [4.69, 9.17) is 4.98 Å². The number of hydrogen-bond donors (Lipinski definition) is 3. The van der Waals surface area contributed by atoms with Crippen molar-refractivity contribution in [3.63, 3.8) is 0 Å². The summed E-state index contributed by atoms with van der Waals surface area (Å²) < 4.78 is 0. The van der Waals surface area contributed by atoms with Gasteiger partial charge in [0.05, 0.1) is 0 Å². The standard InChI is InChI=1S/C28H32N6/c1-2-4-24(5-3-1)32-27-26(23-14-18-30-19-15-23)20-31-28(34-27)33-25-10-8-21(9-11-25)6-7-22-12-16-29-17-13-22/h8-13,16-17,20,23-24,30H,1-5,14-15,18-19H2,(H2,31,32,33,34). The Morgan fingerprint density at radius 3 is 2.26 bits per heavy atom. The molecule has 0 bridgehead atoms. The molecule has 6 nitrogen and oxygen atoms in total. The fourth-order valence-corrected chi connectivity index (χ4v) is 4.78. The van der Waals surface area contributed by atoms with Gasteiger partial charge >= 0.3 is 0 Å². The molecule has 0 spiro atoms. The van der Waals surface area contributed by atoms with Gasteiger partial charge in [-0.15, -0.1) is 0 Å². The highest BCUT2D eigenvalue weighted by molar-refractivity contribution is 5.58. The molecule has 2 aliphatic rings. The van der Waals surface area contributed by atoms with Crippen LogP contribution in [0.1, 0.15) is 67.6 Å². The van der Waals surface area contributed by atoms with Gasteiger partial charge in [0.25, 0.3) is 0 Å². The maximum absolute atomic E-state index is 4.95. The van der Waals surface area contributed by atoms with Gasteiger partial charge < -0.3 is 16.0 Å². The zero-order valence-electron chi connectivity index (χ0n) is 19.6. The van der Waals surface area contributed by atoms with Crippen LogP contribution in [0.5, 0.6) is 0 Å². The molecule has 174 valence electrons. The van der Waals surface area contributed by atoms with Gasteiger partial charge in [0.2, 0.25) is 5.95 Å². The van der Waals surface area contributed by atoms with Crippen molar-refractivity contribution in [2.24, 2.45) is 0 Å². The summed E-state index contributed by atoms with van der Waals surface area (Å²) in [5.41, 5.74) is 4.13. The van der Waals surface area contributed by atoms with E-state index in [9.17, 15) is 0 Å². The van der Waals surface area contributed by atoms with Gasteiger partial charge in [0.1, 0.15) is 5.82 Å². The second-order valence-corrected chi connectivity index (χ2v) is 9.19. The molecule has 3 N–H and O–H groups in total. The van der Waals surface area contributed by atoms with Crippen LogP contribution < -0.4 is 16.0 Å². The number of benzene rings is 1. The number of hydrogen-bond acceptors (Lipinski definition) is 6. The predicted molar refractivity (Wildman–Crippen MR) is 137 cm³/mol. The van der Waals surface area contributed by atoms with Gasteiger partial charge in [0.15, 0.2) is 0 Å². The van der Waals surface area contributed by atoms with Crippen molar-refractivity contribution in [1.29, 1.82) is 0 Å². The largest absolute Gasteiger partial charge is 0.367 e. The van der Waals surface area contributed by atoms with Crippen LogP contribution in [0.2, 0.25) is 0 Å². The van der Waals surface area contributed by atoms with Crippen molar-refractivity contribution in [3.05, 3.63) is 71.7 Å². The van der Waals surface area contributed by atoms with Crippen molar-refractivity contribution in [3.8, 4) is 11.8 Å². The fraction of sp³-hybridized carbons (Fsp3) is 0.393. The highest BCUT2D eigenvalue weighted by Crippen LogP contribution is 2.32. The summed E-state index contributed by atoms with van der Waals surface area (Å²) in [7, 11) is 0. The summed E-state index contributed by atoms with van der Waals surface area (Å²) in [4.78, 5) is 13.7. The van der Waals surface area contributed by atoms with E-state index in [-0.39, 0.29) is 0 Å². The first-order valence-corrected chi connectivity index (χ1v) is 12.5. The Balaban J connectivity index is 1.31. The Hall–Kier alpha value is -3.43. The first-order chi connectivity index (χ1) is 16.8. The molecule has 0 amide bonds. The summed E-state index contributed by atoms with van der Waals surface area (Å²) in [5.74, 6) is 8.52. The molecule has 1 aromatic carbocycles. The van der Waals surface area contributed by atoms with Crippen molar-refractivity contribution in [2.45, 2.75) is 56.9 Å². The zero-order valence-corrected chi connectivity index (χ0v) is 19.6. The summed E-state index contributed by atoms with van der Waals surface area (Å²) in [6, 6.07) is 12.4. The number of aromatic nitrogens is 3. The molecule has 0 radical (unpaired) electrons. The molecule has 6 heteroatoms. The predicted octanol–water partition coefficient (Wildman–Crippen LogP) is 5.23. The van der Waals surface area contributed by atoms with E-state index in [1.165, 1.54) is 37.7 Å². The van der Waals surface area contributed by atoms with Crippen LogP contribution in [0.15, 0.2) is 55.0 Å². The minimum absolute atomic E-state index is 0.509. The smallest absolute Gasteiger partial charge is 0.229 e. The van der Waals surface area contributed by atoms with Gasteiger partial charge in [-0.25, -0.2) is 4.98 Å². The fourth-order valence-electron chi connectivity index (χ4n) is 4.78. The van der Waals surface area contributed by atoms with Crippen molar-refractivity contribution in [1.82, 2.24) is 20.3 Å². The Morgan fingerprint density at radius 1 is 0.824 bits per heavy atom. The van der Waals surface area contributed by atoms with E-state index >= 15 is 0 Å². The maximum Gasteiger partial charge on any atom is 0.229 e. The van der Waals surface area contributed by atoms with Crippen molar-refractivity contribution < 1.29 is 0 Å². The summed E-state index contributed by atoms with van der Waals surface area (Å²) >= 11 is 0. The van der Waals surface area contributed by atoms with E-state index < -0.39 is 0 Å². The molecule has 2 aromatic heterocycles. The third kappa shape index (κ3) is 5.92. The zero-order chi connectivity index (χ0) is 23.0. The van der Waals surface area contributed by atoms with Crippen LogP contribution in [-0.4, -0.2) is 34.1 Å². The number of rotatable bonds is 5. The van der Waals surface area contributed by atoms with Crippen LogP contribution >= 0.6 is 0 Å². The number of anilines is 3. The molecule has 0 atom stereocenters. The highest BCUT2D eigenvalue weighted by Gasteiger charge is 2.22. The number of piperidine rings is 1. The number of pyridine rings is 1. The minimum atomic E-state index is 0.509. The monoisotopic (exact) mass is 452 g/mol. The Bertz CT molecular complexity index is 1120. The molecule has 3 heterocycles. The number of nitrogens with zero attached hydrogens (tertiary/aromatic N) is 3. The Kier molecular flexibility index (Phi) is 7.32. The molecule has 2 fully saturated rings. The van der Waals surface area contributed by atoms with Crippen molar-refractivity contribution >= 4 is 17.5 Å². The highest BCUT2D eigenvalue weighted by atomic mass is 15.1. The van der Waals surface area contributed by atoms with Crippen LogP contribution in [-0.2, 0) is 0 Å². The SMILES string of the molecule is C(#Cc1ccc(Nc2ncc(C3CCNCC3)c(NC3CCCCC3)n2)cc1)c1ccncc1. The number of nitrogens with one attached hydrogen (secondary N) is 3. The van der Waals surface area contributed by atoms with Gasteiger partial charge in [-0.2, -0.15) is 4.98 Å².